The molecule has 0 radical (unpaired) electrons. The zero-order valence-electron chi connectivity index (χ0n) is 20.3. The number of esters is 1. The molecule has 0 bridgehead atoms. The van der Waals surface area contributed by atoms with Crippen molar-refractivity contribution in [2.75, 3.05) is 19.5 Å². The van der Waals surface area contributed by atoms with Crippen LogP contribution in [0.25, 0.3) is 0 Å². The number of benzene rings is 1. The fourth-order valence-electron chi connectivity index (χ4n) is 3.14. The van der Waals surface area contributed by atoms with Gasteiger partial charge in [-0.1, -0.05) is 13.8 Å². The number of hydrogen-bond donors (Lipinski definition) is 2. The molecule has 10 nitrogen and oxygen atoms in total. The van der Waals surface area contributed by atoms with Crippen LogP contribution in [0.15, 0.2) is 18.2 Å². The van der Waals surface area contributed by atoms with Gasteiger partial charge in [0.25, 0.3) is 11.8 Å². The molecular formula is C23H32N4O6. The number of ether oxygens (including phenoxy) is 3. The van der Waals surface area contributed by atoms with E-state index in [0.717, 1.165) is 5.69 Å². The molecule has 0 aliphatic heterocycles. The molecule has 1 heterocycles. The number of nitrogens with zero attached hydrogens (tertiary/aromatic N) is 2. The summed E-state index contributed by atoms with van der Waals surface area (Å²) in [4.78, 5) is 38.2. The first-order valence-corrected chi connectivity index (χ1v) is 10.5. The molecule has 33 heavy (non-hydrogen) atoms. The molecule has 0 aliphatic carbocycles. The quantitative estimate of drug-likeness (QED) is 0.551. The van der Waals surface area contributed by atoms with Crippen LogP contribution in [-0.2, 0) is 21.4 Å². The molecule has 2 rings (SSSR count). The van der Waals surface area contributed by atoms with Gasteiger partial charge in [0, 0.05) is 18.7 Å². The molecule has 0 aliphatic rings. The highest BCUT2D eigenvalue weighted by atomic mass is 16.5. The smallest absolute Gasteiger partial charge is 0.329 e. The molecule has 1 aromatic carbocycles. The third kappa shape index (κ3) is 6.24. The Morgan fingerprint density at radius 2 is 1.58 bits per heavy atom. The first-order valence-electron chi connectivity index (χ1n) is 10.5. The number of anilines is 1. The minimum atomic E-state index is -1.08. The molecule has 180 valence electrons. The summed E-state index contributed by atoms with van der Waals surface area (Å²) in [6, 6.07) is 3.74. The fraction of sp³-hybridized carbons (Fsp3) is 0.478. The third-order valence-electron chi connectivity index (χ3n) is 5.24. The number of carbonyl (C=O) groups is 3. The molecule has 0 saturated carbocycles. The van der Waals surface area contributed by atoms with Crippen molar-refractivity contribution in [2.45, 2.75) is 46.8 Å². The van der Waals surface area contributed by atoms with Crippen LogP contribution in [-0.4, -0.2) is 53.9 Å². The Morgan fingerprint density at radius 3 is 2.03 bits per heavy atom. The van der Waals surface area contributed by atoms with Crippen molar-refractivity contribution in [1.82, 2.24) is 15.1 Å². The lowest BCUT2D eigenvalue weighted by molar-refractivity contribution is -0.156. The summed E-state index contributed by atoms with van der Waals surface area (Å²) in [6.07, 6.45) is -1.08. The van der Waals surface area contributed by atoms with Crippen molar-refractivity contribution < 1.29 is 28.6 Å². The van der Waals surface area contributed by atoms with E-state index in [1.54, 1.807) is 38.6 Å². The number of amides is 2. The SMILES string of the molecule is COc1cc(OC)cc(C(=O)N[C@H](C(=O)OC(C)C(=O)Nc2c(C)nn(C)c2C)C(C)C)c1. The second-order valence-electron chi connectivity index (χ2n) is 8.03. The molecular weight excluding hydrogens is 428 g/mol. The minimum Gasteiger partial charge on any atom is -0.497 e. The standard InChI is InChI=1S/C23H32N4O6/c1-12(2)19(24-22(29)16-9-17(31-7)11-18(10-16)32-8)23(30)33-15(5)21(28)25-20-13(3)26-27(6)14(20)4/h9-12,15,19H,1-8H3,(H,24,29)(H,25,28)/t15?,19-/m0/s1. The zero-order chi connectivity index (χ0) is 24.9. The number of aryl methyl sites for hydroxylation is 2. The van der Waals surface area contributed by atoms with E-state index in [1.165, 1.54) is 33.3 Å². The summed E-state index contributed by atoms with van der Waals surface area (Å²) >= 11 is 0. The topological polar surface area (TPSA) is 121 Å². The van der Waals surface area contributed by atoms with Crippen LogP contribution in [0, 0.1) is 19.8 Å². The van der Waals surface area contributed by atoms with Gasteiger partial charge in [-0.05, 0) is 38.8 Å². The lowest BCUT2D eigenvalue weighted by Crippen LogP contribution is -2.47. The van der Waals surface area contributed by atoms with E-state index >= 15 is 0 Å². The first kappa shape index (κ1) is 25.7. The summed E-state index contributed by atoms with van der Waals surface area (Å²) in [5.74, 6) is -1.11. The molecule has 2 atom stereocenters. The fourth-order valence-corrected chi connectivity index (χ4v) is 3.14. The monoisotopic (exact) mass is 460 g/mol. The molecule has 0 spiro atoms. The van der Waals surface area contributed by atoms with E-state index in [1.807, 2.05) is 6.92 Å². The van der Waals surface area contributed by atoms with Crippen LogP contribution in [0.2, 0.25) is 0 Å². The Bertz CT molecular complexity index is 1010. The lowest BCUT2D eigenvalue weighted by Gasteiger charge is -2.23. The van der Waals surface area contributed by atoms with E-state index < -0.39 is 29.9 Å². The van der Waals surface area contributed by atoms with Crippen molar-refractivity contribution in [3.63, 3.8) is 0 Å². The summed E-state index contributed by atoms with van der Waals surface area (Å²) in [5.41, 5.74) is 2.27. The Hall–Kier alpha value is -3.56. The zero-order valence-corrected chi connectivity index (χ0v) is 20.3. The Kier molecular flexibility index (Phi) is 8.44. The first-order chi connectivity index (χ1) is 15.5. The molecule has 0 fully saturated rings. The number of aromatic nitrogens is 2. The van der Waals surface area contributed by atoms with Crippen molar-refractivity contribution in [2.24, 2.45) is 13.0 Å². The van der Waals surface area contributed by atoms with E-state index in [4.69, 9.17) is 14.2 Å². The summed E-state index contributed by atoms with van der Waals surface area (Å²) in [7, 11) is 4.73. The maximum atomic E-state index is 12.8. The molecule has 10 heteroatoms. The van der Waals surface area contributed by atoms with E-state index in [-0.39, 0.29) is 11.5 Å². The maximum absolute atomic E-state index is 12.8. The van der Waals surface area contributed by atoms with Crippen LogP contribution < -0.4 is 20.1 Å². The molecule has 1 aromatic heterocycles. The third-order valence-corrected chi connectivity index (χ3v) is 5.24. The summed E-state index contributed by atoms with van der Waals surface area (Å²) in [6.45, 7) is 8.61. The highest BCUT2D eigenvalue weighted by molar-refractivity contribution is 5.99. The number of nitrogens with one attached hydrogen (secondary N) is 2. The molecule has 0 saturated heterocycles. The van der Waals surface area contributed by atoms with Gasteiger partial charge in [0.1, 0.15) is 17.5 Å². The van der Waals surface area contributed by atoms with Gasteiger partial charge in [-0.2, -0.15) is 5.10 Å². The molecule has 2 N–H and O–H groups in total. The lowest BCUT2D eigenvalue weighted by atomic mass is 10.0. The summed E-state index contributed by atoms with van der Waals surface area (Å²) < 4.78 is 17.4. The Balaban J connectivity index is 2.10. The van der Waals surface area contributed by atoms with Gasteiger partial charge in [0.15, 0.2) is 6.10 Å². The highest BCUT2D eigenvalue weighted by Crippen LogP contribution is 2.23. The van der Waals surface area contributed by atoms with Gasteiger partial charge < -0.3 is 24.8 Å². The average Bonchev–Trinajstić information content (AvgIpc) is 3.01. The van der Waals surface area contributed by atoms with Gasteiger partial charge in [-0.15, -0.1) is 0 Å². The summed E-state index contributed by atoms with van der Waals surface area (Å²) in [5, 5.41) is 9.68. The number of rotatable bonds is 9. The number of carbonyl (C=O) groups excluding carboxylic acids is 3. The molecule has 2 aromatic rings. The van der Waals surface area contributed by atoms with E-state index in [0.29, 0.717) is 22.9 Å². The highest BCUT2D eigenvalue weighted by Gasteiger charge is 2.30. The van der Waals surface area contributed by atoms with E-state index in [9.17, 15) is 14.4 Å². The predicted octanol–water partition coefficient (Wildman–Crippen LogP) is 2.38. The van der Waals surface area contributed by atoms with Gasteiger partial charge in [0.05, 0.1) is 31.3 Å². The molecule has 2 amide bonds. The van der Waals surface area contributed by atoms with Crippen molar-refractivity contribution in [3.05, 3.63) is 35.2 Å². The van der Waals surface area contributed by atoms with E-state index in [2.05, 4.69) is 15.7 Å². The second kappa shape index (κ2) is 10.8. The van der Waals surface area contributed by atoms with Gasteiger partial charge >= 0.3 is 5.97 Å². The number of methoxy groups -OCH3 is 2. The van der Waals surface area contributed by atoms with Crippen LogP contribution in [0.3, 0.4) is 0 Å². The largest absolute Gasteiger partial charge is 0.497 e. The van der Waals surface area contributed by atoms with Gasteiger partial charge in [0.2, 0.25) is 0 Å². The number of hydrogen-bond acceptors (Lipinski definition) is 7. The van der Waals surface area contributed by atoms with Crippen molar-refractivity contribution >= 4 is 23.5 Å². The Morgan fingerprint density at radius 1 is 1.00 bits per heavy atom. The van der Waals surface area contributed by atoms with Crippen molar-refractivity contribution in [3.8, 4) is 11.5 Å². The average molecular weight is 461 g/mol. The molecule has 1 unspecified atom stereocenters. The van der Waals surface area contributed by atoms with Crippen molar-refractivity contribution in [1.29, 1.82) is 0 Å². The maximum Gasteiger partial charge on any atom is 0.329 e. The van der Waals surface area contributed by atoms with Gasteiger partial charge in [-0.25, -0.2) is 4.79 Å². The van der Waals surface area contributed by atoms with Crippen LogP contribution >= 0.6 is 0 Å². The predicted molar refractivity (Wildman–Crippen MR) is 123 cm³/mol. The minimum absolute atomic E-state index is 0.262. The van der Waals surface area contributed by atoms with Crippen LogP contribution in [0.1, 0.15) is 42.5 Å². The van der Waals surface area contributed by atoms with Crippen LogP contribution in [0.5, 0.6) is 11.5 Å². The van der Waals surface area contributed by atoms with Crippen LogP contribution in [0.4, 0.5) is 5.69 Å². The Labute approximate surface area is 193 Å². The second-order valence-corrected chi connectivity index (χ2v) is 8.03. The van der Waals surface area contributed by atoms with Gasteiger partial charge in [-0.3, -0.25) is 14.3 Å². The normalized spacial score (nSPS) is 12.6.